The number of rotatable bonds is 6. The fourth-order valence-electron chi connectivity index (χ4n) is 3.67. The van der Waals surface area contributed by atoms with Crippen LogP contribution in [0.4, 0.5) is 0 Å². The molecule has 6 heteroatoms. The number of morpholine rings is 1. The zero-order valence-electron chi connectivity index (χ0n) is 15.0. The molecule has 1 N–H and O–H groups in total. The third-order valence-corrected chi connectivity index (χ3v) is 5.13. The van der Waals surface area contributed by atoms with Crippen molar-refractivity contribution in [1.82, 2.24) is 20.1 Å². The zero-order chi connectivity index (χ0) is 17.3. The number of carbonyl (C=O) groups is 1. The molecule has 6 nitrogen and oxygen atoms in total. The maximum absolute atomic E-state index is 12.5. The van der Waals surface area contributed by atoms with Gasteiger partial charge in [-0.2, -0.15) is 0 Å². The van der Waals surface area contributed by atoms with Crippen molar-refractivity contribution in [2.24, 2.45) is 0 Å². The van der Waals surface area contributed by atoms with Gasteiger partial charge < -0.3 is 15.0 Å². The van der Waals surface area contributed by atoms with E-state index in [1.54, 1.807) is 0 Å². The van der Waals surface area contributed by atoms with E-state index in [0.717, 1.165) is 51.4 Å². The largest absolute Gasteiger partial charge is 0.378 e. The van der Waals surface area contributed by atoms with E-state index in [4.69, 9.17) is 4.74 Å². The van der Waals surface area contributed by atoms with Crippen molar-refractivity contribution in [3.63, 3.8) is 0 Å². The Labute approximate surface area is 150 Å². The highest BCUT2D eigenvalue weighted by Crippen LogP contribution is 2.17. The molecule has 0 spiro atoms. The Bertz CT molecular complexity index is 511. The topological polar surface area (TPSA) is 57.7 Å². The van der Waals surface area contributed by atoms with Gasteiger partial charge in [0.05, 0.1) is 18.9 Å². The highest BCUT2D eigenvalue weighted by Gasteiger charge is 2.23. The maximum atomic E-state index is 12.5. The molecule has 1 amide bonds. The van der Waals surface area contributed by atoms with Crippen molar-refractivity contribution in [1.29, 1.82) is 0 Å². The quantitative estimate of drug-likeness (QED) is 0.841. The second-order valence-corrected chi connectivity index (χ2v) is 6.87. The number of nitrogens with one attached hydrogen (secondary N) is 1. The number of pyridine rings is 1. The Kier molecular flexibility index (Phi) is 7.21. The van der Waals surface area contributed by atoms with Crippen LogP contribution in [0.5, 0.6) is 0 Å². The number of nitrogens with zero attached hydrogens (tertiary/aromatic N) is 3. The van der Waals surface area contributed by atoms with Gasteiger partial charge in [-0.3, -0.25) is 14.7 Å². The van der Waals surface area contributed by atoms with Crippen LogP contribution in [0.2, 0.25) is 0 Å². The van der Waals surface area contributed by atoms with Gasteiger partial charge in [0.1, 0.15) is 0 Å². The van der Waals surface area contributed by atoms with Crippen LogP contribution in [-0.4, -0.2) is 72.7 Å². The standard InChI is InChI=1S/C19H30N4O2/c24-19(22-12-14-25-15-13-22)7-11-23(16-17-4-1-2-9-21-17)18-5-3-8-20-10-6-18/h1-2,4,9,18,20H,3,5-8,10-16H2. The summed E-state index contributed by atoms with van der Waals surface area (Å²) in [4.78, 5) is 21.4. The fraction of sp³-hybridized carbons (Fsp3) is 0.684. The van der Waals surface area contributed by atoms with Crippen molar-refractivity contribution in [3.8, 4) is 0 Å². The van der Waals surface area contributed by atoms with Gasteiger partial charge in [0, 0.05) is 44.8 Å². The lowest BCUT2D eigenvalue weighted by atomic mass is 10.1. The Morgan fingerprint density at radius 2 is 2.16 bits per heavy atom. The van der Waals surface area contributed by atoms with E-state index in [0.29, 0.717) is 25.7 Å². The minimum absolute atomic E-state index is 0.251. The Balaban J connectivity index is 1.59. The summed E-state index contributed by atoms with van der Waals surface area (Å²) in [7, 11) is 0. The first-order valence-corrected chi connectivity index (χ1v) is 9.53. The van der Waals surface area contributed by atoms with Crippen LogP contribution in [-0.2, 0) is 16.1 Å². The number of hydrogen-bond donors (Lipinski definition) is 1. The number of hydrogen-bond acceptors (Lipinski definition) is 5. The van der Waals surface area contributed by atoms with Crippen LogP contribution in [0.1, 0.15) is 31.4 Å². The fourth-order valence-corrected chi connectivity index (χ4v) is 3.67. The predicted octanol–water partition coefficient (Wildman–Crippen LogP) is 1.27. The van der Waals surface area contributed by atoms with Crippen molar-refractivity contribution >= 4 is 5.91 Å². The third-order valence-electron chi connectivity index (χ3n) is 5.13. The van der Waals surface area contributed by atoms with Crippen LogP contribution in [0, 0.1) is 0 Å². The van der Waals surface area contributed by atoms with E-state index in [9.17, 15) is 4.79 Å². The maximum Gasteiger partial charge on any atom is 0.224 e. The number of aromatic nitrogens is 1. The lowest BCUT2D eigenvalue weighted by Gasteiger charge is -2.32. The molecule has 0 radical (unpaired) electrons. The molecule has 1 aromatic heterocycles. The summed E-state index contributed by atoms with van der Waals surface area (Å²) in [5.41, 5.74) is 1.08. The molecule has 0 bridgehead atoms. The molecule has 0 aliphatic carbocycles. The van der Waals surface area contributed by atoms with Gasteiger partial charge in [0.2, 0.25) is 5.91 Å². The molecule has 1 unspecified atom stereocenters. The van der Waals surface area contributed by atoms with Gasteiger partial charge in [0.25, 0.3) is 0 Å². The normalized spacial score (nSPS) is 22.0. The summed E-state index contributed by atoms with van der Waals surface area (Å²) in [6.45, 7) is 6.56. The van der Waals surface area contributed by atoms with Crippen LogP contribution >= 0.6 is 0 Å². The lowest BCUT2D eigenvalue weighted by molar-refractivity contribution is -0.135. The van der Waals surface area contributed by atoms with Gasteiger partial charge in [-0.05, 0) is 44.5 Å². The van der Waals surface area contributed by atoms with E-state index in [-0.39, 0.29) is 5.91 Å². The molecule has 1 aromatic rings. The SMILES string of the molecule is O=C(CCN(Cc1ccccn1)C1CCCNCC1)N1CCOCC1. The molecule has 3 heterocycles. The van der Waals surface area contributed by atoms with Crippen LogP contribution in [0.25, 0.3) is 0 Å². The molecule has 25 heavy (non-hydrogen) atoms. The Morgan fingerprint density at radius 1 is 1.28 bits per heavy atom. The van der Waals surface area contributed by atoms with E-state index in [1.807, 2.05) is 23.2 Å². The van der Waals surface area contributed by atoms with Gasteiger partial charge >= 0.3 is 0 Å². The second-order valence-electron chi connectivity index (χ2n) is 6.87. The van der Waals surface area contributed by atoms with Crippen molar-refractivity contribution in [2.75, 3.05) is 45.9 Å². The molecule has 3 rings (SSSR count). The molecule has 1 atom stereocenters. The van der Waals surface area contributed by atoms with Gasteiger partial charge in [-0.1, -0.05) is 6.07 Å². The summed E-state index contributed by atoms with van der Waals surface area (Å²) in [6, 6.07) is 6.58. The molecule has 2 saturated heterocycles. The summed E-state index contributed by atoms with van der Waals surface area (Å²) in [5, 5.41) is 3.48. The number of carbonyl (C=O) groups excluding carboxylic acids is 1. The first-order valence-electron chi connectivity index (χ1n) is 9.53. The number of amides is 1. The van der Waals surface area contributed by atoms with Gasteiger partial charge in [-0.25, -0.2) is 0 Å². The molecular formula is C19H30N4O2. The average molecular weight is 346 g/mol. The van der Waals surface area contributed by atoms with Crippen LogP contribution in [0.3, 0.4) is 0 Å². The zero-order valence-corrected chi connectivity index (χ0v) is 15.0. The highest BCUT2D eigenvalue weighted by atomic mass is 16.5. The lowest BCUT2D eigenvalue weighted by Crippen LogP contribution is -2.43. The molecule has 138 valence electrons. The van der Waals surface area contributed by atoms with Crippen LogP contribution < -0.4 is 5.32 Å². The van der Waals surface area contributed by atoms with Gasteiger partial charge in [-0.15, -0.1) is 0 Å². The van der Waals surface area contributed by atoms with E-state index in [1.165, 1.54) is 12.8 Å². The average Bonchev–Trinajstić information content (AvgIpc) is 2.96. The minimum atomic E-state index is 0.251. The van der Waals surface area contributed by atoms with E-state index in [2.05, 4.69) is 21.3 Å². The highest BCUT2D eigenvalue weighted by molar-refractivity contribution is 5.76. The molecule has 2 aliphatic rings. The monoisotopic (exact) mass is 346 g/mol. The minimum Gasteiger partial charge on any atom is -0.378 e. The van der Waals surface area contributed by atoms with Crippen molar-refractivity contribution in [2.45, 2.75) is 38.3 Å². The Hall–Kier alpha value is -1.50. The molecular weight excluding hydrogens is 316 g/mol. The third kappa shape index (κ3) is 5.76. The van der Waals surface area contributed by atoms with Gasteiger partial charge in [0.15, 0.2) is 0 Å². The molecule has 2 fully saturated rings. The van der Waals surface area contributed by atoms with Crippen molar-refractivity contribution in [3.05, 3.63) is 30.1 Å². The summed E-state index contributed by atoms with van der Waals surface area (Å²) in [5.74, 6) is 0.251. The summed E-state index contributed by atoms with van der Waals surface area (Å²) in [6.07, 6.45) is 5.95. The summed E-state index contributed by atoms with van der Waals surface area (Å²) < 4.78 is 5.34. The molecule has 0 saturated carbocycles. The van der Waals surface area contributed by atoms with E-state index >= 15 is 0 Å². The summed E-state index contributed by atoms with van der Waals surface area (Å²) >= 11 is 0. The first-order chi connectivity index (χ1) is 12.3. The second kappa shape index (κ2) is 9.85. The van der Waals surface area contributed by atoms with Crippen molar-refractivity contribution < 1.29 is 9.53 Å². The number of ether oxygens (including phenoxy) is 1. The van der Waals surface area contributed by atoms with Crippen LogP contribution in [0.15, 0.2) is 24.4 Å². The predicted molar refractivity (Wildman–Crippen MR) is 97.2 cm³/mol. The molecule has 2 aliphatic heterocycles. The first kappa shape index (κ1) is 18.3. The Morgan fingerprint density at radius 3 is 2.96 bits per heavy atom. The molecule has 0 aromatic carbocycles. The smallest absolute Gasteiger partial charge is 0.224 e. The van der Waals surface area contributed by atoms with E-state index < -0.39 is 0 Å².